The highest BCUT2D eigenvalue weighted by atomic mass is 14.8. The maximum atomic E-state index is 3.72. The normalized spacial score (nSPS) is 45.0. The van der Waals surface area contributed by atoms with Gasteiger partial charge in [-0.3, -0.25) is 0 Å². The Labute approximate surface area is 61.6 Å². The molecule has 3 aliphatic carbocycles. The molecule has 1 unspecified atom stereocenters. The van der Waals surface area contributed by atoms with Crippen LogP contribution in [-0.4, -0.2) is 0 Å². The Hall–Kier alpha value is -0.480. The smallest absolute Gasteiger partial charge is 0.00935 e. The predicted octanol–water partition coefficient (Wildman–Crippen LogP) is 2.66. The van der Waals surface area contributed by atoms with E-state index < -0.39 is 0 Å². The van der Waals surface area contributed by atoms with Crippen LogP contribution in [-0.2, 0) is 0 Å². The summed E-state index contributed by atoms with van der Waals surface area (Å²) in [7, 11) is 0. The molecule has 0 aromatic rings. The molecule has 0 aromatic carbocycles. The maximum absolute atomic E-state index is 3.72. The van der Waals surface area contributed by atoms with Crippen LogP contribution in [0.5, 0.6) is 0 Å². The van der Waals surface area contributed by atoms with Gasteiger partial charge >= 0.3 is 0 Å². The zero-order valence-electron chi connectivity index (χ0n) is 6.24. The Kier molecular flexibility index (Phi) is 0.596. The molecule has 0 heterocycles. The molecule has 0 bridgehead atoms. The summed E-state index contributed by atoms with van der Waals surface area (Å²) in [5.74, 6) is 0. The maximum Gasteiger partial charge on any atom is 0.00935 e. The van der Waals surface area contributed by atoms with Crippen LogP contribution in [0.4, 0.5) is 0 Å². The van der Waals surface area contributed by atoms with Crippen molar-refractivity contribution in [2.75, 3.05) is 0 Å². The summed E-state index contributed by atoms with van der Waals surface area (Å²) in [4.78, 5) is 0. The lowest BCUT2D eigenvalue weighted by molar-refractivity contribution is 0.255. The monoisotopic (exact) mass is 132 g/mol. The van der Waals surface area contributed by atoms with Crippen LogP contribution in [0.25, 0.3) is 0 Å². The average Bonchev–Trinajstić information content (AvgIpc) is 2.69. The number of allylic oxidation sites excluding steroid dienone is 1. The van der Waals surface area contributed by atoms with E-state index in [4.69, 9.17) is 0 Å². The van der Waals surface area contributed by atoms with Crippen LogP contribution in [0.15, 0.2) is 17.9 Å². The molecule has 1 atom stereocenters. The Balaban J connectivity index is 1.96. The molecule has 3 rings (SSSR count). The molecule has 10 heavy (non-hydrogen) atoms. The number of hydrogen-bond donors (Lipinski definition) is 0. The van der Waals surface area contributed by atoms with Crippen molar-refractivity contribution in [1.82, 2.24) is 0 Å². The Morgan fingerprint density at radius 3 is 2.50 bits per heavy atom. The molecule has 0 aliphatic heterocycles. The van der Waals surface area contributed by atoms with E-state index in [-0.39, 0.29) is 0 Å². The first-order chi connectivity index (χ1) is 4.83. The first kappa shape index (κ1) is 5.21. The topological polar surface area (TPSA) is 0 Å². The van der Waals surface area contributed by atoms with Crippen molar-refractivity contribution in [2.24, 2.45) is 10.8 Å². The Morgan fingerprint density at radius 2 is 2.20 bits per heavy atom. The van der Waals surface area contributed by atoms with E-state index in [2.05, 4.69) is 12.3 Å². The number of rotatable bonds is 0. The molecule has 0 heteroatoms. The van der Waals surface area contributed by atoms with Crippen molar-refractivity contribution >= 4 is 0 Å². The van der Waals surface area contributed by atoms with Crippen LogP contribution in [0, 0.1) is 10.8 Å². The highest BCUT2D eigenvalue weighted by Crippen LogP contribution is 2.87. The summed E-state index contributed by atoms with van der Waals surface area (Å²) in [5, 5.41) is 0. The van der Waals surface area contributed by atoms with Gasteiger partial charge in [-0.15, -0.1) is 5.73 Å². The highest BCUT2D eigenvalue weighted by molar-refractivity contribution is 5.46. The van der Waals surface area contributed by atoms with Gasteiger partial charge in [0, 0.05) is 5.41 Å². The molecule has 2 spiro atoms. The van der Waals surface area contributed by atoms with Crippen molar-refractivity contribution in [2.45, 2.75) is 32.1 Å². The largest absolute Gasteiger partial charge is 0.129 e. The fourth-order valence-corrected chi connectivity index (χ4v) is 2.96. The van der Waals surface area contributed by atoms with E-state index in [1.54, 1.807) is 5.57 Å². The first-order valence-corrected chi connectivity index (χ1v) is 4.22. The lowest BCUT2D eigenvalue weighted by atomic mass is 9.79. The lowest BCUT2D eigenvalue weighted by Gasteiger charge is -2.26. The minimum atomic E-state index is 0.701. The van der Waals surface area contributed by atoms with Crippen molar-refractivity contribution < 1.29 is 0 Å². The van der Waals surface area contributed by atoms with E-state index in [1.807, 2.05) is 0 Å². The second-order valence-electron chi connectivity index (χ2n) is 4.22. The fraction of sp³-hybridized carbons (Fsp3) is 0.700. The highest BCUT2D eigenvalue weighted by Gasteiger charge is 2.78. The predicted molar refractivity (Wildman–Crippen MR) is 40.6 cm³/mol. The quantitative estimate of drug-likeness (QED) is 0.444. The molecule has 0 amide bonds. The third-order valence-electron chi connectivity index (χ3n) is 3.99. The SMILES string of the molecule is C=C=C1CC12CC21CCC1. The summed E-state index contributed by atoms with van der Waals surface area (Å²) in [6.07, 6.45) is 7.30. The summed E-state index contributed by atoms with van der Waals surface area (Å²) in [6.45, 7) is 3.72. The van der Waals surface area contributed by atoms with Gasteiger partial charge in [-0.2, -0.15) is 0 Å². The van der Waals surface area contributed by atoms with Gasteiger partial charge < -0.3 is 0 Å². The third-order valence-corrected chi connectivity index (χ3v) is 3.99. The van der Waals surface area contributed by atoms with Crippen molar-refractivity contribution in [1.29, 1.82) is 0 Å². The van der Waals surface area contributed by atoms with E-state index in [0.29, 0.717) is 5.41 Å². The molecule has 52 valence electrons. The first-order valence-electron chi connectivity index (χ1n) is 4.22. The minimum absolute atomic E-state index is 0.701. The van der Waals surface area contributed by atoms with E-state index in [9.17, 15) is 0 Å². The molecular formula is C10H12. The molecule has 3 fully saturated rings. The van der Waals surface area contributed by atoms with Gasteiger partial charge in [-0.05, 0) is 36.7 Å². The van der Waals surface area contributed by atoms with Crippen LogP contribution in [0.1, 0.15) is 32.1 Å². The van der Waals surface area contributed by atoms with Gasteiger partial charge in [0.25, 0.3) is 0 Å². The van der Waals surface area contributed by atoms with Crippen molar-refractivity contribution in [3.63, 3.8) is 0 Å². The zero-order chi connectivity index (χ0) is 6.82. The van der Waals surface area contributed by atoms with Gasteiger partial charge in [0.1, 0.15) is 0 Å². The van der Waals surface area contributed by atoms with E-state index in [1.165, 1.54) is 32.1 Å². The zero-order valence-corrected chi connectivity index (χ0v) is 6.24. The average molecular weight is 132 g/mol. The second-order valence-corrected chi connectivity index (χ2v) is 4.22. The Bertz CT molecular complexity index is 251. The molecular weight excluding hydrogens is 120 g/mol. The van der Waals surface area contributed by atoms with Crippen molar-refractivity contribution in [3.05, 3.63) is 17.9 Å². The van der Waals surface area contributed by atoms with E-state index >= 15 is 0 Å². The molecule has 0 nitrogen and oxygen atoms in total. The summed E-state index contributed by atoms with van der Waals surface area (Å²) in [5.41, 5.74) is 6.14. The van der Waals surface area contributed by atoms with Crippen LogP contribution < -0.4 is 0 Å². The van der Waals surface area contributed by atoms with Gasteiger partial charge in [-0.25, -0.2) is 0 Å². The summed E-state index contributed by atoms with van der Waals surface area (Å²) < 4.78 is 0. The van der Waals surface area contributed by atoms with Crippen LogP contribution in [0.2, 0.25) is 0 Å². The molecule has 0 N–H and O–H groups in total. The van der Waals surface area contributed by atoms with Crippen LogP contribution >= 0.6 is 0 Å². The van der Waals surface area contributed by atoms with Gasteiger partial charge in [0.2, 0.25) is 0 Å². The number of hydrogen-bond acceptors (Lipinski definition) is 0. The second kappa shape index (κ2) is 1.14. The number of fused-ring (bicyclic) bond motifs is 1. The summed E-state index contributed by atoms with van der Waals surface area (Å²) in [6, 6.07) is 0. The molecule has 3 aliphatic rings. The fourth-order valence-electron chi connectivity index (χ4n) is 2.96. The van der Waals surface area contributed by atoms with Crippen LogP contribution in [0.3, 0.4) is 0 Å². The standard InChI is InChI=1S/C10H12/c1-2-8-6-10(8)7-9(10)4-3-5-9/h1,3-7H2. The third kappa shape index (κ3) is 0.322. The summed E-state index contributed by atoms with van der Waals surface area (Å²) >= 11 is 0. The van der Waals surface area contributed by atoms with Gasteiger partial charge in [0.15, 0.2) is 0 Å². The van der Waals surface area contributed by atoms with Gasteiger partial charge in [0.05, 0.1) is 0 Å². The molecule has 0 radical (unpaired) electrons. The van der Waals surface area contributed by atoms with Crippen molar-refractivity contribution in [3.8, 4) is 0 Å². The molecule has 3 saturated carbocycles. The Morgan fingerprint density at radius 1 is 1.40 bits per heavy atom. The van der Waals surface area contributed by atoms with Gasteiger partial charge in [-0.1, -0.05) is 13.0 Å². The molecule has 0 aromatic heterocycles. The van der Waals surface area contributed by atoms with E-state index in [0.717, 1.165) is 5.41 Å². The minimum Gasteiger partial charge on any atom is -0.129 e. The lowest BCUT2D eigenvalue weighted by Crippen LogP contribution is -2.14. The molecule has 0 saturated heterocycles.